The minimum absolute atomic E-state index is 0.0454. The Morgan fingerprint density at radius 3 is 2.93 bits per heavy atom. The Kier molecular flexibility index (Phi) is 3.38. The highest BCUT2D eigenvalue weighted by molar-refractivity contribution is 5.65. The van der Waals surface area contributed by atoms with Crippen LogP contribution in [0, 0.1) is 17.0 Å². The third-order valence-electron chi connectivity index (χ3n) is 1.89. The predicted octanol–water partition coefficient (Wildman–Crippen LogP) is 2.31. The van der Waals surface area contributed by atoms with Gasteiger partial charge in [-0.15, -0.1) is 0 Å². The van der Waals surface area contributed by atoms with Gasteiger partial charge in [0, 0.05) is 11.8 Å². The van der Waals surface area contributed by atoms with Gasteiger partial charge in [0.1, 0.15) is 5.76 Å². The minimum atomic E-state index is -0.470. The van der Waals surface area contributed by atoms with Crippen molar-refractivity contribution < 1.29 is 9.66 Å². The molecular weight excluding hydrogens is 196 g/mol. The first-order valence-corrected chi connectivity index (χ1v) is 4.50. The summed E-state index contributed by atoms with van der Waals surface area (Å²) in [4.78, 5) is 14.3. The molecule has 0 aliphatic rings. The second-order valence-electron chi connectivity index (χ2n) is 2.94. The van der Waals surface area contributed by atoms with Gasteiger partial charge in [0.25, 0.3) is 0 Å². The van der Waals surface area contributed by atoms with E-state index < -0.39 is 4.92 Å². The van der Waals surface area contributed by atoms with Crippen LogP contribution in [0.2, 0.25) is 0 Å². The lowest BCUT2D eigenvalue weighted by Gasteiger charge is -2.07. The van der Waals surface area contributed by atoms with Crippen LogP contribution in [0.4, 0.5) is 5.69 Å². The maximum Gasteiger partial charge on any atom is 0.301 e. The standard InChI is InChI=1S/C10H12N2O3/c1-4-15-8(3)9-10(12(13)14)7(2)5-6-11-9/h5-6H,3-4H2,1-2H3. The fraction of sp³-hybridized carbons (Fsp3) is 0.300. The molecule has 1 aromatic heterocycles. The van der Waals surface area contributed by atoms with Gasteiger partial charge in [-0.3, -0.25) is 10.1 Å². The monoisotopic (exact) mass is 208 g/mol. The molecule has 0 bridgehead atoms. The molecule has 0 aliphatic carbocycles. The van der Waals surface area contributed by atoms with E-state index in [0.29, 0.717) is 12.2 Å². The molecule has 5 nitrogen and oxygen atoms in total. The lowest BCUT2D eigenvalue weighted by Crippen LogP contribution is -2.01. The highest BCUT2D eigenvalue weighted by atomic mass is 16.6. The molecule has 0 N–H and O–H groups in total. The Labute approximate surface area is 87.6 Å². The normalized spacial score (nSPS) is 9.73. The van der Waals surface area contributed by atoms with Crippen molar-refractivity contribution in [3.63, 3.8) is 0 Å². The quantitative estimate of drug-likeness (QED) is 0.432. The van der Waals surface area contributed by atoms with Crippen LogP contribution in [0.5, 0.6) is 0 Å². The molecule has 1 aromatic rings. The summed E-state index contributed by atoms with van der Waals surface area (Å²) in [6, 6.07) is 1.58. The molecule has 0 spiro atoms. The number of hydrogen-bond acceptors (Lipinski definition) is 4. The van der Waals surface area contributed by atoms with Crippen molar-refractivity contribution in [2.24, 2.45) is 0 Å². The average Bonchev–Trinajstić information content (AvgIpc) is 2.17. The summed E-state index contributed by atoms with van der Waals surface area (Å²) in [6.07, 6.45) is 1.50. The van der Waals surface area contributed by atoms with E-state index in [1.54, 1.807) is 19.9 Å². The molecular formula is C10H12N2O3. The van der Waals surface area contributed by atoms with Gasteiger partial charge in [-0.1, -0.05) is 6.58 Å². The molecule has 0 saturated heterocycles. The fourth-order valence-electron chi connectivity index (χ4n) is 1.23. The molecule has 0 amide bonds. The Bertz CT molecular complexity index is 402. The molecule has 1 rings (SSSR count). The summed E-state index contributed by atoms with van der Waals surface area (Å²) in [5.41, 5.74) is 0.698. The first-order chi connectivity index (χ1) is 7.07. The number of aryl methyl sites for hydroxylation is 1. The highest BCUT2D eigenvalue weighted by Gasteiger charge is 2.21. The molecule has 0 atom stereocenters. The largest absolute Gasteiger partial charge is 0.492 e. The molecule has 5 heteroatoms. The maximum absolute atomic E-state index is 10.8. The van der Waals surface area contributed by atoms with E-state index in [9.17, 15) is 10.1 Å². The first kappa shape index (κ1) is 11.2. The minimum Gasteiger partial charge on any atom is -0.492 e. The number of hydrogen-bond donors (Lipinski definition) is 0. The summed E-state index contributed by atoms with van der Waals surface area (Å²) in [5.74, 6) is 0.230. The van der Waals surface area contributed by atoms with Crippen molar-refractivity contribution in [3.8, 4) is 0 Å². The molecule has 15 heavy (non-hydrogen) atoms. The van der Waals surface area contributed by atoms with E-state index in [1.807, 2.05) is 0 Å². The number of aromatic nitrogens is 1. The number of pyridine rings is 1. The molecule has 0 saturated carbocycles. The molecule has 0 radical (unpaired) electrons. The zero-order valence-electron chi connectivity index (χ0n) is 8.69. The summed E-state index contributed by atoms with van der Waals surface area (Å²) < 4.78 is 5.11. The van der Waals surface area contributed by atoms with Crippen LogP contribution >= 0.6 is 0 Å². The van der Waals surface area contributed by atoms with Crippen LogP contribution in [0.3, 0.4) is 0 Å². The zero-order chi connectivity index (χ0) is 11.4. The van der Waals surface area contributed by atoms with Gasteiger partial charge in [0.05, 0.1) is 11.5 Å². The van der Waals surface area contributed by atoms with Crippen molar-refractivity contribution in [2.45, 2.75) is 13.8 Å². The smallest absolute Gasteiger partial charge is 0.301 e. The molecule has 0 unspecified atom stereocenters. The Morgan fingerprint density at radius 2 is 2.40 bits per heavy atom. The maximum atomic E-state index is 10.8. The Balaban J connectivity index is 3.23. The van der Waals surface area contributed by atoms with Crippen molar-refractivity contribution >= 4 is 11.4 Å². The van der Waals surface area contributed by atoms with Crippen molar-refractivity contribution in [1.82, 2.24) is 4.98 Å². The van der Waals surface area contributed by atoms with E-state index >= 15 is 0 Å². The van der Waals surface area contributed by atoms with Crippen LogP contribution in [0.25, 0.3) is 5.76 Å². The van der Waals surface area contributed by atoms with Gasteiger partial charge in [-0.05, 0) is 19.9 Å². The Morgan fingerprint density at radius 1 is 1.73 bits per heavy atom. The van der Waals surface area contributed by atoms with Gasteiger partial charge in [0.2, 0.25) is 0 Å². The SMILES string of the molecule is C=C(OCC)c1nccc(C)c1[N+](=O)[O-]. The third-order valence-corrected chi connectivity index (χ3v) is 1.89. The molecule has 0 aromatic carbocycles. The molecule has 80 valence electrons. The van der Waals surface area contributed by atoms with Gasteiger partial charge in [-0.25, -0.2) is 4.98 Å². The van der Waals surface area contributed by atoms with Crippen molar-refractivity contribution in [3.05, 3.63) is 40.2 Å². The van der Waals surface area contributed by atoms with Crippen LogP contribution in [-0.4, -0.2) is 16.5 Å². The van der Waals surface area contributed by atoms with E-state index in [-0.39, 0.29) is 17.1 Å². The predicted molar refractivity (Wildman–Crippen MR) is 56.3 cm³/mol. The van der Waals surface area contributed by atoms with Crippen LogP contribution in [-0.2, 0) is 4.74 Å². The third kappa shape index (κ3) is 2.31. The lowest BCUT2D eigenvalue weighted by molar-refractivity contribution is -0.386. The van der Waals surface area contributed by atoms with E-state index in [1.165, 1.54) is 6.20 Å². The van der Waals surface area contributed by atoms with E-state index in [4.69, 9.17) is 4.74 Å². The summed E-state index contributed by atoms with van der Waals surface area (Å²) in [5, 5.41) is 10.8. The van der Waals surface area contributed by atoms with Gasteiger partial charge in [-0.2, -0.15) is 0 Å². The first-order valence-electron chi connectivity index (χ1n) is 4.50. The molecule has 0 fully saturated rings. The number of nitrogens with zero attached hydrogens (tertiary/aromatic N) is 2. The topological polar surface area (TPSA) is 65.3 Å². The molecule has 0 aliphatic heterocycles. The Hall–Kier alpha value is -1.91. The number of nitro groups is 1. The summed E-state index contributed by atoms with van der Waals surface area (Å²) in [7, 11) is 0. The second kappa shape index (κ2) is 4.54. The number of ether oxygens (including phenoxy) is 1. The summed E-state index contributed by atoms with van der Waals surface area (Å²) in [6.45, 7) is 7.46. The van der Waals surface area contributed by atoms with Gasteiger partial charge in [0.15, 0.2) is 5.69 Å². The number of rotatable bonds is 4. The van der Waals surface area contributed by atoms with Gasteiger partial charge >= 0.3 is 5.69 Å². The summed E-state index contributed by atoms with van der Waals surface area (Å²) >= 11 is 0. The lowest BCUT2D eigenvalue weighted by atomic mass is 10.2. The average molecular weight is 208 g/mol. The van der Waals surface area contributed by atoms with Crippen LogP contribution < -0.4 is 0 Å². The second-order valence-corrected chi connectivity index (χ2v) is 2.94. The van der Waals surface area contributed by atoms with E-state index in [2.05, 4.69) is 11.6 Å². The van der Waals surface area contributed by atoms with Crippen molar-refractivity contribution in [1.29, 1.82) is 0 Å². The van der Waals surface area contributed by atoms with Crippen LogP contribution in [0.15, 0.2) is 18.8 Å². The van der Waals surface area contributed by atoms with Gasteiger partial charge < -0.3 is 4.74 Å². The van der Waals surface area contributed by atoms with Crippen LogP contribution in [0.1, 0.15) is 18.2 Å². The zero-order valence-corrected chi connectivity index (χ0v) is 8.69. The van der Waals surface area contributed by atoms with Crippen molar-refractivity contribution in [2.75, 3.05) is 6.61 Å². The highest BCUT2D eigenvalue weighted by Crippen LogP contribution is 2.26. The fourth-order valence-corrected chi connectivity index (χ4v) is 1.23. The molecule has 1 heterocycles. The van der Waals surface area contributed by atoms with E-state index in [0.717, 1.165) is 0 Å².